The summed E-state index contributed by atoms with van der Waals surface area (Å²) in [6, 6.07) is -0.738. The smallest absolute Gasteiger partial charge is 0.306 e. The van der Waals surface area contributed by atoms with Gasteiger partial charge in [-0.3, -0.25) is 9.59 Å². The molecule has 0 bridgehead atoms. The van der Waals surface area contributed by atoms with E-state index in [1.54, 1.807) is 21.1 Å². The Balaban J connectivity index is 4.36. The van der Waals surface area contributed by atoms with Gasteiger partial charge in [-0.05, 0) is 89.9 Å². The number of carbonyl (C=O) groups is 3. The van der Waals surface area contributed by atoms with Gasteiger partial charge in [-0.2, -0.15) is 0 Å². The topological polar surface area (TPSA) is 102 Å². The van der Waals surface area contributed by atoms with Crippen molar-refractivity contribution in [2.45, 2.75) is 167 Å². The number of carbonyl (C=O) groups excluding carboxylic acids is 3. The molecule has 8 nitrogen and oxygen atoms in total. The van der Waals surface area contributed by atoms with E-state index in [0.717, 1.165) is 122 Å². The molecule has 0 aromatic rings. The van der Waals surface area contributed by atoms with Gasteiger partial charge in [0, 0.05) is 19.3 Å². The average molecular weight is 822 g/mol. The van der Waals surface area contributed by atoms with Crippen molar-refractivity contribution in [3.8, 4) is 0 Å². The summed E-state index contributed by atoms with van der Waals surface area (Å²) in [5.41, 5.74) is 0. The van der Waals surface area contributed by atoms with Crippen molar-refractivity contribution in [1.82, 2.24) is 0 Å². The predicted molar refractivity (Wildman–Crippen MR) is 245 cm³/mol. The van der Waals surface area contributed by atoms with E-state index in [9.17, 15) is 19.5 Å². The molecule has 2 atom stereocenters. The zero-order chi connectivity index (χ0) is 43.5. The molecular weight excluding hydrogens is 739 g/mol. The van der Waals surface area contributed by atoms with Crippen molar-refractivity contribution >= 4 is 17.9 Å². The van der Waals surface area contributed by atoms with Gasteiger partial charge in [-0.1, -0.05) is 143 Å². The molecular formula is C51H83NO7. The molecule has 59 heavy (non-hydrogen) atoms. The first kappa shape index (κ1) is 55.2. The molecule has 0 aliphatic heterocycles. The van der Waals surface area contributed by atoms with Gasteiger partial charge < -0.3 is 28.6 Å². The summed E-state index contributed by atoms with van der Waals surface area (Å²) in [6.45, 7) is 4.37. The molecule has 0 saturated heterocycles. The van der Waals surface area contributed by atoms with E-state index in [4.69, 9.17) is 14.2 Å². The molecule has 334 valence electrons. The number of esters is 2. The van der Waals surface area contributed by atoms with Crippen LogP contribution in [0.5, 0.6) is 0 Å². The van der Waals surface area contributed by atoms with Gasteiger partial charge in [0.25, 0.3) is 0 Å². The first-order valence-corrected chi connectivity index (χ1v) is 22.8. The van der Waals surface area contributed by atoms with Gasteiger partial charge in [-0.15, -0.1) is 0 Å². The number of likely N-dealkylation sites (N-methyl/N-ethyl adjacent to an activating group) is 1. The normalized spacial score (nSPS) is 13.8. The fourth-order valence-corrected chi connectivity index (χ4v) is 5.99. The fourth-order valence-electron chi connectivity index (χ4n) is 5.99. The van der Waals surface area contributed by atoms with Crippen LogP contribution in [0.1, 0.15) is 155 Å². The zero-order valence-electron chi connectivity index (χ0n) is 37.9. The Bertz CT molecular complexity index is 1280. The van der Waals surface area contributed by atoms with E-state index in [-0.39, 0.29) is 42.7 Å². The number of rotatable bonds is 39. The largest absolute Gasteiger partial charge is 0.544 e. The van der Waals surface area contributed by atoms with Gasteiger partial charge in [0.05, 0.1) is 40.3 Å². The highest BCUT2D eigenvalue weighted by Crippen LogP contribution is 2.12. The van der Waals surface area contributed by atoms with Crippen molar-refractivity contribution < 1.29 is 38.2 Å². The maximum atomic E-state index is 12.7. The summed E-state index contributed by atoms with van der Waals surface area (Å²) >= 11 is 0. The molecule has 0 rings (SSSR count). The van der Waals surface area contributed by atoms with Crippen molar-refractivity contribution in [3.63, 3.8) is 0 Å². The minimum absolute atomic E-state index is 0.0201. The molecule has 0 radical (unpaired) electrons. The summed E-state index contributed by atoms with van der Waals surface area (Å²) < 4.78 is 17.1. The second-order valence-electron chi connectivity index (χ2n) is 15.9. The zero-order valence-corrected chi connectivity index (χ0v) is 37.9. The minimum atomic E-state index is -1.14. The molecule has 0 amide bonds. The number of carboxylic acid groups (broad SMARTS) is 1. The highest BCUT2D eigenvalue weighted by molar-refractivity contribution is 5.70. The van der Waals surface area contributed by atoms with Crippen LogP contribution in [0.15, 0.2) is 97.2 Å². The van der Waals surface area contributed by atoms with Crippen molar-refractivity contribution in [2.75, 3.05) is 41.0 Å². The number of nitrogens with zero attached hydrogens (tertiary/aromatic N) is 1. The van der Waals surface area contributed by atoms with Gasteiger partial charge in [0.2, 0.25) is 0 Å². The Kier molecular flexibility index (Phi) is 38.4. The van der Waals surface area contributed by atoms with Crippen LogP contribution in [0.2, 0.25) is 0 Å². The Morgan fingerprint density at radius 2 is 0.898 bits per heavy atom. The molecule has 2 unspecified atom stereocenters. The molecule has 0 heterocycles. The molecule has 0 N–H and O–H groups in total. The van der Waals surface area contributed by atoms with Crippen LogP contribution < -0.4 is 5.11 Å². The predicted octanol–water partition coefficient (Wildman–Crippen LogP) is 11.4. The van der Waals surface area contributed by atoms with Crippen LogP contribution in [0.3, 0.4) is 0 Å². The van der Waals surface area contributed by atoms with Crippen LogP contribution in [-0.2, 0) is 28.6 Å². The molecule has 0 fully saturated rings. The lowest BCUT2D eigenvalue weighted by Crippen LogP contribution is -2.55. The quantitative estimate of drug-likeness (QED) is 0.0263. The molecule has 0 aromatic heterocycles. The molecule has 0 aliphatic carbocycles. The summed E-state index contributed by atoms with van der Waals surface area (Å²) in [7, 11) is 5.38. The summed E-state index contributed by atoms with van der Waals surface area (Å²) in [5, 5.41) is 11.6. The van der Waals surface area contributed by atoms with Gasteiger partial charge in [0.1, 0.15) is 12.6 Å². The van der Waals surface area contributed by atoms with Crippen LogP contribution in [0.4, 0.5) is 0 Å². The number of unbranched alkanes of at least 4 members (excludes halogenated alkanes) is 9. The molecule has 0 saturated carbocycles. The van der Waals surface area contributed by atoms with Crippen molar-refractivity contribution in [3.05, 3.63) is 97.2 Å². The lowest BCUT2D eigenvalue weighted by molar-refractivity contribution is -0.889. The van der Waals surface area contributed by atoms with Crippen LogP contribution in [0, 0.1) is 0 Å². The molecule has 0 aliphatic rings. The van der Waals surface area contributed by atoms with Crippen LogP contribution in [0.25, 0.3) is 0 Å². The molecule has 0 aromatic carbocycles. The number of ether oxygens (including phenoxy) is 3. The number of carboxylic acids is 1. The lowest BCUT2D eigenvalue weighted by atomic mass is 10.1. The Labute approximate surface area is 360 Å². The van der Waals surface area contributed by atoms with E-state index in [0.29, 0.717) is 12.8 Å². The van der Waals surface area contributed by atoms with Crippen molar-refractivity contribution in [2.24, 2.45) is 0 Å². The second-order valence-corrected chi connectivity index (χ2v) is 15.9. The molecule has 0 spiro atoms. The van der Waals surface area contributed by atoms with E-state index >= 15 is 0 Å². The van der Waals surface area contributed by atoms with Crippen LogP contribution in [-0.4, -0.2) is 75.5 Å². The number of quaternary nitrogens is 1. The van der Waals surface area contributed by atoms with Gasteiger partial charge in [0.15, 0.2) is 6.10 Å². The third-order valence-corrected chi connectivity index (χ3v) is 9.47. The van der Waals surface area contributed by atoms with Crippen LogP contribution >= 0.6 is 0 Å². The lowest BCUT2D eigenvalue weighted by Gasteiger charge is -2.34. The SMILES string of the molecule is CC/C=C/C/C=C/C/C=C/C/C=C/C/C=C/C/C=C/CCCCCCC(=O)OCC(COCCC(C(=O)[O-])[N+](C)(C)C)OC(=O)CCCCCCC/C=C/C/C=C/CC. The van der Waals surface area contributed by atoms with E-state index in [1.165, 1.54) is 0 Å². The van der Waals surface area contributed by atoms with E-state index < -0.39 is 18.1 Å². The highest BCUT2D eigenvalue weighted by atomic mass is 16.6. The maximum Gasteiger partial charge on any atom is 0.306 e. The third-order valence-electron chi connectivity index (χ3n) is 9.47. The van der Waals surface area contributed by atoms with Crippen molar-refractivity contribution in [1.29, 1.82) is 0 Å². The molecule has 8 heteroatoms. The monoisotopic (exact) mass is 822 g/mol. The van der Waals surface area contributed by atoms with Gasteiger partial charge in [-0.25, -0.2) is 0 Å². The summed E-state index contributed by atoms with van der Waals surface area (Å²) in [5.74, 6) is -1.80. The number of hydrogen-bond acceptors (Lipinski definition) is 7. The Morgan fingerprint density at radius 3 is 1.32 bits per heavy atom. The highest BCUT2D eigenvalue weighted by Gasteiger charge is 2.25. The van der Waals surface area contributed by atoms with Gasteiger partial charge >= 0.3 is 11.9 Å². The second kappa shape index (κ2) is 41.0. The fraction of sp³-hybridized carbons (Fsp3) is 0.627. The minimum Gasteiger partial charge on any atom is -0.544 e. The average Bonchev–Trinajstić information content (AvgIpc) is 3.19. The standard InChI is InChI=1S/C51H83NO7/c1-6-8-10-12-14-16-18-20-21-22-23-24-25-26-27-28-29-30-32-33-35-37-39-41-49(53)58-46-47(45-57-44-43-48(51(55)56)52(3,4)5)59-50(54)42-40-38-36-34-31-19-17-15-13-11-9-7-2/h8-11,14-17,20-21,23-24,26-27,29-30,47-48H,6-7,12-13,18-19,22,25,28,31-46H2,1-5H3/b10-8+,11-9+,16-14+,17-15+,21-20+,24-23+,27-26+,30-29+. The van der Waals surface area contributed by atoms with E-state index in [1.807, 2.05) is 0 Å². The Hall–Kier alpha value is -3.75. The Morgan fingerprint density at radius 1 is 0.508 bits per heavy atom. The number of hydrogen-bond donors (Lipinski definition) is 0. The third kappa shape index (κ3) is 39.5. The first-order valence-electron chi connectivity index (χ1n) is 22.8. The first-order chi connectivity index (χ1) is 28.6. The number of allylic oxidation sites excluding steroid dienone is 16. The summed E-state index contributed by atoms with van der Waals surface area (Å²) in [6.07, 6.45) is 54.4. The summed E-state index contributed by atoms with van der Waals surface area (Å²) in [4.78, 5) is 36.9. The maximum absolute atomic E-state index is 12.7. The number of aliphatic carboxylic acids is 1. The van der Waals surface area contributed by atoms with E-state index in [2.05, 4.69) is 111 Å².